The van der Waals surface area contributed by atoms with E-state index in [1.807, 2.05) is 44.2 Å². The summed E-state index contributed by atoms with van der Waals surface area (Å²) in [4.78, 5) is 21.2. The van der Waals surface area contributed by atoms with Crippen molar-refractivity contribution >= 4 is 34.7 Å². The molecule has 26 heavy (non-hydrogen) atoms. The lowest BCUT2D eigenvalue weighted by atomic mass is 10.2. The molecule has 0 bridgehead atoms. The first kappa shape index (κ1) is 17.9. The molecule has 0 spiro atoms. The fourth-order valence-electron chi connectivity index (χ4n) is 2.45. The maximum absolute atomic E-state index is 12.6. The number of carbonyl (C=O) groups excluding carboxylic acids is 1. The van der Waals surface area contributed by atoms with Gasteiger partial charge in [0.05, 0.1) is 0 Å². The van der Waals surface area contributed by atoms with Gasteiger partial charge in [0.1, 0.15) is 17.3 Å². The number of rotatable bonds is 4. The normalized spacial score (nSPS) is 10.5. The van der Waals surface area contributed by atoms with Crippen LogP contribution in [0.15, 0.2) is 48.5 Å². The van der Waals surface area contributed by atoms with Gasteiger partial charge in [-0.25, -0.2) is 9.97 Å². The predicted molar refractivity (Wildman–Crippen MR) is 105 cm³/mol. The molecule has 1 amide bonds. The van der Waals surface area contributed by atoms with Crippen LogP contribution in [0.2, 0.25) is 5.02 Å². The Balaban J connectivity index is 1.83. The summed E-state index contributed by atoms with van der Waals surface area (Å²) in [6, 6.07) is 14.9. The first-order valence-electron chi connectivity index (χ1n) is 8.17. The third kappa shape index (κ3) is 4.37. The average molecular weight is 367 g/mol. The van der Waals surface area contributed by atoms with Gasteiger partial charge >= 0.3 is 0 Å². The van der Waals surface area contributed by atoms with Gasteiger partial charge in [0.2, 0.25) is 0 Å². The van der Waals surface area contributed by atoms with Crippen molar-refractivity contribution < 1.29 is 4.79 Å². The van der Waals surface area contributed by atoms with E-state index < -0.39 is 0 Å². The van der Waals surface area contributed by atoms with Crippen molar-refractivity contribution in [3.63, 3.8) is 0 Å². The Bertz CT molecular complexity index is 955. The van der Waals surface area contributed by atoms with E-state index in [0.29, 0.717) is 22.4 Å². The second-order valence-corrected chi connectivity index (χ2v) is 6.53. The maximum atomic E-state index is 12.6. The van der Waals surface area contributed by atoms with Crippen molar-refractivity contribution in [2.75, 3.05) is 10.6 Å². The highest BCUT2D eigenvalue weighted by Gasteiger charge is 2.12. The minimum Gasteiger partial charge on any atom is -0.340 e. The molecule has 3 rings (SSSR count). The fourth-order valence-corrected chi connectivity index (χ4v) is 2.62. The monoisotopic (exact) mass is 366 g/mol. The number of nitrogens with zero attached hydrogens (tertiary/aromatic N) is 2. The largest absolute Gasteiger partial charge is 0.340 e. The summed E-state index contributed by atoms with van der Waals surface area (Å²) in [5.41, 5.74) is 3.93. The predicted octanol–water partition coefficient (Wildman–Crippen LogP) is 5.05. The van der Waals surface area contributed by atoms with Crippen LogP contribution < -0.4 is 10.6 Å². The van der Waals surface area contributed by atoms with Gasteiger partial charge < -0.3 is 10.6 Å². The number of halogens is 1. The molecule has 1 aromatic heterocycles. The molecule has 132 valence electrons. The number of aromatic nitrogens is 2. The lowest BCUT2D eigenvalue weighted by Crippen LogP contribution is -2.16. The summed E-state index contributed by atoms with van der Waals surface area (Å²) in [6.45, 7) is 5.68. The fraction of sp³-hybridized carbons (Fsp3) is 0.150. The van der Waals surface area contributed by atoms with Crippen LogP contribution in [0.5, 0.6) is 0 Å². The lowest BCUT2D eigenvalue weighted by molar-refractivity contribution is 0.102. The molecule has 0 radical (unpaired) electrons. The number of nitrogens with one attached hydrogen (secondary N) is 2. The zero-order chi connectivity index (χ0) is 18.7. The van der Waals surface area contributed by atoms with Crippen LogP contribution in [0.25, 0.3) is 0 Å². The van der Waals surface area contributed by atoms with E-state index in [1.54, 1.807) is 25.1 Å². The van der Waals surface area contributed by atoms with E-state index in [4.69, 9.17) is 11.6 Å². The Kier molecular flexibility index (Phi) is 5.19. The number of hydrogen-bond acceptors (Lipinski definition) is 4. The van der Waals surface area contributed by atoms with Crippen LogP contribution >= 0.6 is 11.6 Å². The molecule has 2 N–H and O–H groups in total. The molecule has 0 fully saturated rings. The van der Waals surface area contributed by atoms with E-state index in [-0.39, 0.29) is 11.6 Å². The van der Waals surface area contributed by atoms with E-state index in [0.717, 1.165) is 11.3 Å². The molecule has 6 heteroatoms. The quantitative estimate of drug-likeness (QED) is 0.678. The molecule has 0 aliphatic carbocycles. The van der Waals surface area contributed by atoms with E-state index >= 15 is 0 Å². The standard InChI is InChI=1S/C20H19ClN4O/c1-12-4-8-16(9-5-12)24-19-11-18(22-14(3)23-19)20(26)25-17-10-15(21)7-6-13(17)2/h4-11H,1-3H3,(H,25,26)(H,22,23,24). The summed E-state index contributed by atoms with van der Waals surface area (Å²) in [5, 5.41) is 6.61. The van der Waals surface area contributed by atoms with Crippen LogP contribution in [0.3, 0.4) is 0 Å². The summed E-state index contributed by atoms with van der Waals surface area (Å²) >= 11 is 6.01. The molecule has 0 atom stereocenters. The first-order valence-corrected chi connectivity index (χ1v) is 8.55. The molecule has 0 unspecified atom stereocenters. The van der Waals surface area contributed by atoms with Gasteiger partial charge in [-0.15, -0.1) is 0 Å². The highest BCUT2D eigenvalue weighted by Crippen LogP contribution is 2.21. The molecule has 0 aliphatic heterocycles. The van der Waals surface area contributed by atoms with Crippen LogP contribution in [-0.2, 0) is 0 Å². The van der Waals surface area contributed by atoms with Crippen molar-refractivity contribution in [1.82, 2.24) is 9.97 Å². The Hall–Kier alpha value is -2.92. The lowest BCUT2D eigenvalue weighted by Gasteiger charge is -2.11. The van der Waals surface area contributed by atoms with Gasteiger partial charge in [0, 0.05) is 22.5 Å². The summed E-state index contributed by atoms with van der Waals surface area (Å²) < 4.78 is 0. The molecule has 0 saturated heterocycles. The van der Waals surface area contributed by atoms with Crippen LogP contribution in [0, 0.1) is 20.8 Å². The molecular formula is C20H19ClN4O. The van der Waals surface area contributed by atoms with Crippen molar-refractivity contribution in [1.29, 1.82) is 0 Å². The third-order valence-electron chi connectivity index (χ3n) is 3.84. The maximum Gasteiger partial charge on any atom is 0.274 e. The van der Waals surface area contributed by atoms with Crippen molar-refractivity contribution in [3.8, 4) is 0 Å². The third-order valence-corrected chi connectivity index (χ3v) is 4.08. The van der Waals surface area contributed by atoms with Gasteiger partial charge in [-0.05, 0) is 50.6 Å². The topological polar surface area (TPSA) is 66.9 Å². The Morgan fingerprint density at radius 1 is 0.962 bits per heavy atom. The zero-order valence-corrected chi connectivity index (χ0v) is 15.6. The Morgan fingerprint density at radius 2 is 1.69 bits per heavy atom. The molecule has 0 aliphatic rings. The second kappa shape index (κ2) is 7.54. The molecule has 1 heterocycles. The minimum atomic E-state index is -0.312. The summed E-state index contributed by atoms with van der Waals surface area (Å²) in [5.74, 6) is 0.761. The summed E-state index contributed by atoms with van der Waals surface area (Å²) in [6.07, 6.45) is 0. The molecule has 2 aromatic carbocycles. The highest BCUT2D eigenvalue weighted by molar-refractivity contribution is 6.31. The number of benzene rings is 2. The Labute approximate surface area is 157 Å². The minimum absolute atomic E-state index is 0.284. The average Bonchev–Trinajstić information content (AvgIpc) is 2.59. The second-order valence-electron chi connectivity index (χ2n) is 6.09. The number of aryl methyl sites for hydroxylation is 3. The Morgan fingerprint density at radius 3 is 2.42 bits per heavy atom. The SMILES string of the molecule is Cc1ccc(Nc2cc(C(=O)Nc3cc(Cl)ccc3C)nc(C)n2)cc1. The van der Waals surface area contributed by atoms with Gasteiger partial charge in [-0.1, -0.05) is 35.4 Å². The highest BCUT2D eigenvalue weighted by atomic mass is 35.5. The van der Waals surface area contributed by atoms with E-state index in [2.05, 4.69) is 20.6 Å². The number of amides is 1. The first-order chi connectivity index (χ1) is 12.4. The van der Waals surface area contributed by atoms with Crippen LogP contribution in [-0.4, -0.2) is 15.9 Å². The molecule has 3 aromatic rings. The number of hydrogen-bond donors (Lipinski definition) is 2. The molecule has 0 saturated carbocycles. The van der Waals surface area contributed by atoms with E-state index in [9.17, 15) is 4.79 Å². The number of anilines is 3. The summed E-state index contributed by atoms with van der Waals surface area (Å²) in [7, 11) is 0. The van der Waals surface area contributed by atoms with Crippen molar-refractivity contribution in [3.05, 3.63) is 76.2 Å². The van der Waals surface area contributed by atoms with E-state index in [1.165, 1.54) is 5.56 Å². The zero-order valence-electron chi connectivity index (χ0n) is 14.8. The molecular weight excluding hydrogens is 348 g/mol. The molecule has 5 nitrogen and oxygen atoms in total. The van der Waals surface area contributed by atoms with Crippen LogP contribution in [0.1, 0.15) is 27.4 Å². The van der Waals surface area contributed by atoms with Crippen LogP contribution in [0.4, 0.5) is 17.2 Å². The van der Waals surface area contributed by atoms with Crippen molar-refractivity contribution in [2.24, 2.45) is 0 Å². The smallest absolute Gasteiger partial charge is 0.274 e. The number of carbonyl (C=O) groups is 1. The van der Waals surface area contributed by atoms with Crippen molar-refractivity contribution in [2.45, 2.75) is 20.8 Å². The van der Waals surface area contributed by atoms with Gasteiger partial charge in [0.15, 0.2) is 0 Å². The van der Waals surface area contributed by atoms with Gasteiger partial charge in [0.25, 0.3) is 5.91 Å². The van der Waals surface area contributed by atoms with Gasteiger partial charge in [-0.3, -0.25) is 4.79 Å². The van der Waals surface area contributed by atoms with Gasteiger partial charge in [-0.2, -0.15) is 0 Å².